The predicted molar refractivity (Wildman–Crippen MR) is 383 cm³/mol. The van der Waals surface area contributed by atoms with Crippen LogP contribution in [0.5, 0.6) is 23.0 Å². The number of aliphatic hydroxyl groups is 3. The minimum Gasteiger partial charge on any atom is -1.00 e. The van der Waals surface area contributed by atoms with E-state index in [1.54, 1.807) is 72.0 Å². The molecule has 1 fully saturated rings. The second kappa shape index (κ2) is 49.1. The van der Waals surface area contributed by atoms with Crippen LogP contribution in [-0.2, 0) is 51.4 Å². The molecule has 2 unspecified atom stereocenters. The average molecular weight is 1550 g/mol. The summed E-state index contributed by atoms with van der Waals surface area (Å²) in [5, 5.41) is 40.2. The van der Waals surface area contributed by atoms with Gasteiger partial charge in [-0.05, 0) is 181 Å². The summed E-state index contributed by atoms with van der Waals surface area (Å²) in [5.74, 6) is -1.49. The van der Waals surface area contributed by atoms with Crippen molar-refractivity contribution in [2.75, 3.05) is 114 Å². The Morgan fingerprint density at radius 3 is 1.72 bits per heavy atom. The van der Waals surface area contributed by atoms with Crippen LogP contribution in [0.1, 0.15) is 80.5 Å². The van der Waals surface area contributed by atoms with E-state index in [4.69, 9.17) is 60.5 Å². The molecule has 8 aromatic rings. The molecule has 3 N–H and O–H groups in total. The van der Waals surface area contributed by atoms with E-state index in [9.17, 15) is 39.3 Å². The topological polar surface area (TPSA) is 326 Å². The Kier molecular flexibility index (Phi) is 46.3. The number of nitrogens with zero attached hydrogens (tertiary/aromatic N) is 3. The first kappa shape index (κ1) is 99.9. The van der Waals surface area contributed by atoms with Crippen LogP contribution in [0.2, 0.25) is 0 Å². The third-order valence-corrected chi connectivity index (χ3v) is 17.3. The molecule has 1 saturated heterocycles. The van der Waals surface area contributed by atoms with E-state index in [0.717, 1.165) is 75.5 Å². The number of carboxylic acid groups (broad SMARTS) is 1. The minimum atomic E-state index is -3.11. The van der Waals surface area contributed by atoms with Crippen molar-refractivity contribution in [2.45, 2.75) is 70.5 Å². The summed E-state index contributed by atoms with van der Waals surface area (Å²) < 4.78 is 65.2. The number of aliphatic hydroxyl groups excluding tert-OH is 2. The van der Waals surface area contributed by atoms with Crippen LogP contribution in [0.25, 0.3) is 20.2 Å². The molecule has 1 aliphatic rings. The summed E-state index contributed by atoms with van der Waals surface area (Å²) >= 11 is 1.64. The second-order valence-electron chi connectivity index (χ2n) is 24.7. The molecule has 1 aromatic heterocycles. The summed E-state index contributed by atoms with van der Waals surface area (Å²) in [4.78, 5) is 82.2. The molecule has 2 heterocycles. The summed E-state index contributed by atoms with van der Waals surface area (Å²) in [6.07, 6.45) is 1.13. The van der Waals surface area contributed by atoms with Crippen molar-refractivity contribution >= 4 is 77.3 Å². The number of ether oxygens (including phenoxy) is 7. The van der Waals surface area contributed by atoms with Gasteiger partial charge < -0.3 is 80.2 Å². The van der Waals surface area contributed by atoms with Gasteiger partial charge in [0, 0.05) is 75.4 Å². The van der Waals surface area contributed by atoms with Gasteiger partial charge in [-0.25, -0.2) is 0 Å². The van der Waals surface area contributed by atoms with Gasteiger partial charge in [-0.2, -0.15) is 52.6 Å². The van der Waals surface area contributed by atoms with Crippen molar-refractivity contribution < 1.29 is 201 Å². The van der Waals surface area contributed by atoms with E-state index in [0.29, 0.717) is 62.5 Å². The number of anilines is 1. The number of quaternary nitrogens is 1. The Labute approximate surface area is 697 Å². The van der Waals surface area contributed by atoms with Gasteiger partial charge in [0.2, 0.25) is 5.78 Å². The van der Waals surface area contributed by atoms with E-state index in [1.807, 2.05) is 116 Å². The molecular formula is C76H89ClN3Na3O21S2. The number of ketones is 3. The number of aliphatic carboxylic acids is 1. The van der Waals surface area contributed by atoms with E-state index >= 15 is 0 Å². The summed E-state index contributed by atoms with van der Waals surface area (Å²) in [5.41, 5.74) is 4.48. The number of methoxy groups -OCH3 is 2. The quantitative estimate of drug-likeness (QED) is 0.0115. The molecule has 24 nitrogen and oxygen atoms in total. The molecular weight excluding hydrogens is 1460 g/mol. The fourth-order valence-electron chi connectivity index (χ4n) is 10.7. The Hall–Kier alpha value is -6.12. The molecule has 9 rings (SSSR count). The van der Waals surface area contributed by atoms with Crippen molar-refractivity contribution in [1.29, 1.82) is 0 Å². The second-order valence-corrected chi connectivity index (χ2v) is 26.1. The molecule has 0 aliphatic carbocycles. The number of likely N-dealkylation sites (N-methyl/N-ethyl adjacent to an activating group) is 2. The number of carbonyl (C=O) groups excluding carboxylic acids is 6. The first-order chi connectivity index (χ1) is 48.3. The zero-order chi connectivity index (χ0) is 76.0. The number of hydrogen-bond acceptors (Lipinski definition) is 24. The fourth-order valence-corrected chi connectivity index (χ4v) is 11.9. The van der Waals surface area contributed by atoms with Crippen molar-refractivity contribution in [3.8, 4) is 23.0 Å². The Balaban J connectivity index is 0.00000135. The Morgan fingerprint density at radius 1 is 0.745 bits per heavy atom. The van der Waals surface area contributed by atoms with Crippen molar-refractivity contribution in [1.82, 2.24) is 4.90 Å². The maximum atomic E-state index is 13.5. The number of aryl methyl sites for hydroxylation is 1. The van der Waals surface area contributed by atoms with Crippen LogP contribution in [0.4, 0.5) is 5.69 Å². The Bertz CT molecular complexity index is 4220. The van der Waals surface area contributed by atoms with Gasteiger partial charge in [0.25, 0.3) is 5.79 Å². The number of carbonyl (C=O) groups is 4. The number of hydrogen-bond donors (Lipinski definition) is 3. The van der Waals surface area contributed by atoms with Gasteiger partial charge in [0.15, 0.2) is 17.0 Å². The van der Waals surface area contributed by atoms with Gasteiger partial charge in [-0.15, -0.1) is 24.0 Å². The molecule has 0 amide bonds. The molecule has 0 bridgehead atoms. The largest absolute Gasteiger partial charge is 1.00 e. The first-order valence-electron chi connectivity index (χ1n) is 31.9. The molecule has 0 spiro atoms. The standard InChI is InChI=1S/C23H29N2O2.C21H26NO3S.C19H19O7.C12H16O4.CO2.ClH.3Na.O3S/c1-4-23(24(2)3,18-19-8-6-5-7-9-19)22(26)20-10-12-21(13-11-20)25-14-16-27-17-15-25;1-13-14(2)21-17(20(24)16-8-6-7-9-19(16)26-21)10-18(13)25-12-15(23)11-22(3,4)5;1-23-15-8-4-13(5-9-15)18(22)19(24-2,25-3)14-6-10-16(11-7-14)26-12-17(20)21;1-12(2,15)11(14)9-3-5-10(6-4-9)16-8-7-13;2-1-3;;;;;1-4(2)3/h6-13H,4,14-18H2,1-3H3;6-10,15,23H,11-12H2,1-5H3;4-11H,1,12H2,2-3H3,(H,20,21);3-6,13,15H,7-8H2,1-2H3;;1H;;;;/q-1;+1;-1;;;;3*+1;/p-2. The zero-order valence-electron chi connectivity index (χ0n) is 62.7. The van der Waals surface area contributed by atoms with Gasteiger partial charge in [0.05, 0.1) is 58.2 Å². The van der Waals surface area contributed by atoms with Crippen LogP contribution < -0.4 is 135 Å². The number of halogens is 1. The third-order valence-electron chi connectivity index (χ3n) is 16.0. The summed E-state index contributed by atoms with van der Waals surface area (Å²) in [6.45, 7) is 12.7. The van der Waals surface area contributed by atoms with Crippen LogP contribution in [0.15, 0.2) is 156 Å². The number of carboxylic acids is 1. The van der Waals surface area contributed by atoms with Gasteiger partial charge in [-0.1, -0.05) is 19.1 Å². The van der Waals surface area contributed by atoms with E-state index in [2.05, 4.69) is 42.0 Å². The molecule has 2 atom stereocenters. The number of rotatable bonds is 26. The number of Topliss-reactive ketones (excluding diaryl/α,β-unsaturated/α-hetero) is 3. The summed E-state index contributed by atoms with van der Waals surface area (Å²) in [7, 11) is 13.0. The molecule has 7 aromatic carbocycles. The van der Waals surface area contributed by atoms with Crippen LogP contribution in [0.3, 0.4) is 0 Å². The third kappa shape index (κ3) is 30.4. The van der Waals surface area contributed by atoms with Crippen molar-refractivity contribution in [2.24, 2.45) is 0 Å². The van der Waals surface area contributed by atoms with Crippen LogP contribution in [-0.4, -0.2) is 193 Å². The predicted octanol–water partition coefficient (Wildman–Crippen LogP) is -4.31. The van der Waals surface area contributed by atoms with Gasteiger partial charge >= 0.3 is 105 Å². The molecule has 0 radical (unpaired) electrons. The smallest absolute Gasteiger partial charge is 1.00 e. The normalized spacial score (nSPS) is 12.3. The molecule has 0 saturated carbocycles. The average Bonchev–Trinajstić information content (AvgIpc) is 0.763. The molecule has 106 heavy (non-hydrogen) atoms. The van der Waals surface area contributed by atoms with E-state index in [1.165, 1.54) is 40.2 Å². The van der Waals surface area contributed by atoms with E-state index in [-0.39, 0.29) is 144 Å². The number of fused-ring (bicyclic) bond motifs is 2. The molecule has 1 aliphatic heterocycles. The first-order valence-corrected chi connectivity index (χ1v) is 33.8. The van der Waals surface area contributed by atoms with Crippen LogP contribution >= 0.6 is 11.3 Å². The van der Waals surface area contributed by atoms with Crippen LogP contribution in [0, 0.1) is 27.0 Å². The zero-order valence-corrected chi connectivity index (χ0v) is 71.1. The molecule has 30 heteroatoms. The maximum absolute atomic E-state index is 13.5. The van der Waals surface area contributed by atoms with E-state index < -0.39 is 52.0 Å². The maximum Gasteiger partial charge on any atom is 1.00 e. The SMILES string of the molecule is CC(C)(O)C(=O)c1ccc(OCCO)cc1.CCC(Cc1cc[c-]cc1)(C(=O)c1ccc(N2CCOCC2)cc1)N(C)C.Cc1c(OCC(O)C[N+](C)(C)C)cc2c(=O)c3ccccc3sc2c1C.O=C=O.O=S(=O)=O.[CH2-]Oc1ccc(C(=O)C(OC)(OC)c2ccc(OCC(=O)[O-])cc2)cc1.[Cl-].[Na+].[Na+].[Na+]. The van der Waals surface area contributed by atoms with Crippen molar-refractivity contribution in [3.05, 3.63) is 214 Å². The molecule has 556 valence electrons. The minimum absolute atomic E-state index is 0. The Morgan fingerprint density at radius 2 is 1.24 bits per heavy atom. The number of morpholine rings is 1. The van der Waals surface area contributed by atoms with Gasteiger partial charge in [0.1, 0.15) is 55.3 Å². The van der Waals surface area contributed by atoms with Gasteiger partial charge in [-0.3, -0.25) is 24.1 Å². The summed E-state index contributed by atoms with van der Waals surface area (Å²) in [6, 6.07) is 47.5. The monoisotopic (exact) mass is 1550 g/mol. The number of benzene rings is 7. The fraction of sp³-hybridized carbons (Fsp3) is 0.355. The van der Waals surface area contributed by atoms with Crippen molar-refractivity contribution in [3.63, 3.8) is 0 Å².